The third-order valence-electron chi connectivity index (χ3n) is 4.95. The number of aliphatic carboxylic acids is 1. The van der Waals surface area contributed by atoms with Gasteiger partial charge in [-0.2, -0.15) is 29.8 Å². The summed E-state index contributed by atoms with van der Waals surface area (Å²) in [5.74, 6) is -1.08. The average Bonchev–Trinajstić information content (AvgIpc) is 3.11. The van der Waals surface area contributed by atoms with E-state index in [1.54, 1.807) is 0 Å². The van der Waals surface area contributed by atoms with Gasteiger partial charge in [0.05, 0.1) is 4.21 Å². The fraction of sp³-hybridized carbons (Fsp3) is 0.370. The van der Waals surface area contributed by atoms with E-state index in [0.717, 1.165) is 31.0 Å². The summed E-state index contributed by atoms with van der Waals surface area (Å²) in [4.78, 5) is 10.2. The fourth-order valence-corrected chi connectivity index (χ4v) is 9.30. The molecule has 2 aromatic carbocycles. The average molecular weight is 774 g/mol. The molecule has 0 aliphatic rings. The van der Waals surface area contributed by atoms with Crippen LogP contribution in [0.15, 0.2) is 45.5 Å². The normalized spacial score (nSPS) is 12.7. The zero-order valence-electron chi connectivity index (χ0n) is 21.1. The summed E-state index contributed by atoms with van der Waals surface area (Å²) >= 11 is 10.2. The second-order valence-electron chi connectivity index (χ2n) is 7.83. The molecule has 1 heterocycles. The number of hydrogen-bond acceptors (Lipinski definition) is 4. The van der Waals surface area contributed by atoms with Gasteiger partial charge >= 0.3 is 31.1 Å². The molecule has 3 aromatic rings. The van der Waals surface area contributed by atoms with Crippen LogP contribution in [0.25, 0.3) is 10.1 Å². The maximum Gasteiger partial charge on any atom is 2.00 e. The second kappa shape index (κ2) is 16.5. The summed E-state index contributed by atoms with van der Waals surface area (Å²) in [5, 5.41) is 12.4. The Labute approximate surface area is 250 Å². The molecule has 1 aromatic heterocycles. The zero-order chi connectivity index (χ0) is 25.3. The number of carboxylic acids is 1. The molecule has 2 atom stereocenters. The summed E-state index contributed by atoms with van der Waals surface area (Å²) in [6.45, 7) is 16.0. The van der Waals surface area contributed by atoms with E-state index in [1.165, 1.54) is 30.3 Å². The molecule has 0 amide bonds. The van der Waals surface area contributed by atoms with Crippen molar-refractivity contribution in [3.05, 3.63) is 65.5 Å². The third kappa shape index (κ3) is 10.1. The first-order valence-electron chi connectivity index (χ1n) is 11.4. The van der Waals surface area contributed by atoms with E-state index in [1.807, 2.05) is 35.2 Å². The minimum atomic E-state index is -1.08. The van der Waals surface area contributed by atoms with Gasteiger partial charge in [-0.3, -0.25) is 16.0 Å². The molecule has 0 aliphatic carbocycles. The van der Waals surface area contributed by atoms with Crippen molar-refractivity contribution < 1.29 is 41.0 Å². The second-order valence-corrected chi connectivity index (χ2v) is 13.1. The number of carbonyl (C=O) groups is 1. The molecule has 0 saturated carbocycles. The monoisotopic (exact) mass is 773 g/mol. The largest absolute Gasteiger partial charge is 2.00 e. The SMILES string of the molecule is C/C=S(\c1sc2ccc(Cl)cc2c1CC)N(CCC)CC(C)Sc1cc[c-]c(C)c1.[CH2-]C(=O)O.[U+2]. The van der Waals surface area contributed by atoms with Gasteiger partial charge in [-0.15, -0.1) is 28.0 Å². The first-order valence-corrected chi connectivity index (χ1v) is 14.7. The van der Waals surface area contributed by atoms with Crippen molar-refractivity contribution in [2.45, 2.75) is 61.8 Å². The van der Waals surface area contributed by atoms with Gasteiger partial charge in [0, 0.05) is 28.1 Å². The van der Waals surface area contributed by atoms with Gasteiger partial charge in [0.1, 0.15) is 0 Å². The Morgan fingerprint density at radius 1 is 1.34 bits per heavy atom. The number of nitrogens with zero attached hydrogens (tertiary/aromatic N) is 1. The topological polar surface area (TPSA) is 40.5 Å². The predicted octanol–water partition coefficient (Wildman–Crippen LogP) is 8.39. The number of rotatable bonds is 9. The molecule has 3 rings (SSSR count). The van der Waals surface area contributed by atoms with E-state index in [0.29, 0.717) is 5.25 Å². The summed E-state index contributed by atoms with van der Waals surface area (Å²) in [7, 11) is -0.00191. The van der Waals surface area contributed by atoms with E-state index in [4.69, 9.17) is 21.5 Å². The molecule has 0 fully saturated rings. The maximum atomic E-state index is 8.89. The van der Waals surface area contributed by atoms with E-state index in [2.05, 4.69) is 81.5 Å². The molecule has 8 heteroatoms. The molecule has 2 unspecified atom stereocenters. The van der Waals surface area contributed by atoms with Crippen LogP contribution in [0, 0.1) is 51.0 Å². The van der Waals surface area contributed by atoms with Crippen LogP contribution in [0.2, 0.25) is 5.02 Å². The summed E-state index contributed by atoms with van der Waals surface area (Å²) < 4.78 is 5.54. The van der Waals surface area contributed by atoms with Crippen LogP contribution >= 0.6 is 45.4 Å². The molecule has 188 valence electrons. The van der Waals surface area contributed by atoms with E-state index in [-0.39, 0.29) is 41.8 Å². The van der Waals surface area contributed by atoms with Crippen LogP contribution in [0.5, 0.6) is 0 Å². The van der Waals surface area contributed by atoms with Crippen molar-refractivity contribution in [3.8, 4) is 0 Å². The molecule has 0 bridgehead atoms. The molecular formula is C27H34ClNO2S3U. The van der Waals surface area contributed by atoms with Crippen LogP contribution in [0.3, 0.4) is 0 Å². The van der Waals surface area contributed by atoms with Crippen molar-refractivity contribution in [1.82, 2.24) is 4.31 Å². The zero-order valence-corrected chi connectivity index (χ0v) is 28.4. The van der Waals surface area contributed by atoms with Crippen molar-refractivity contribution in [2.75, 3.05) is 13.1 Å². The number of fused-ring (bicyclic) bond motifs is 1. The number of halogens is 1. The Balaban J connectivity index is 0.00000114. The van der Waals surface area contributed by atoms with E-state index >= 15 is 0 Å². The Bertz CT molecular complexity index is 1130. The number of carboxylic acid groups (broad SMARTS) is 1. The van der Waals surface area contributed by atoms with E-state index < -0.39 is 5.97 Å². The fourth-order valence-electron chi connectivity index (χ4n) is 3.68. The number of thioether (sulfide) groups is 1. The third-order valence-corrected chi connectivity index (χ3v) is 9.99. The van der Waals surface area contributed by atoms with Gasteiger partial charge in [-0.1, -0.05) is 50.0 Å². The Morgan fingerprint density at radius 3 is 2.60 bits per heavy atom. The van der Waals surface area contributed by atoms with Crippen LogP contribution in [-0.2, 0) is 11.2 Å². The van der Waals surface area contributed by atoms with Crippen LogP contribution < -0.4 is 0 Å². The van der Waals surface area contributed by atoms with Crippen LogP contribution in [0.4, 0.5) is 0 Å². The Kier molecular flexibility index (Phi) is 15.3. The molecule has 1 N–H and O–H groups in total. The van der Waals surface area contributed by atoms with Gasteiger partial charge in [0.15, 0.2) is 5.97 Å². The summed E-state index contributed by atoms with van der Waals surface area (Å²) in [6.07, 6.45) is 2.20. The molecule has 3 nitrogen and oxygen atoms in total. The standard InChI is InChI=1S/C25H31ClNS3.C2H3O2.U/c1-6-14-27(17-19(5)28-21-11-9-10-18(4)15-21)30(8-3)25-22(7-2)23-16-20(26)12-13-24(23)29-25;1-2(3)4;/h8-9,11-13,15-16,19H,6-7,14,17H2,1-5H3;1H2,(H,3,4);/q2*-1;+2. The molecule has 0 saturated heterocycles. The van der Waals surface area contributed by atoms with Crippen molar-refractivity contribution >= 4 is 66.8 Å². The summed E-state index contributed by atoms with van der Waals surface area (Å²) in [5.41, 5.74) is 2.67. The number of benzene rings is 2. The molecule has 0 spiro atoms. The smallest absolute Gasteiger partial charge is 0.503 e. The van der Waals surface area contributed by atoms with Crippen molar-refractivity contribution in [2.24, 2.45) is 0 Å². The minimum absolute atomic E-state index is 0. The predicted molar refractivity (Wildman–Crippen MR) is 154 cm³/mol. The van der Waals surface area contributed by atoms with Gasteiger partial charge in [-0.25, -0.2) is 0 Å². The molecule has 35 heavy (non-hydrogen) atoms. The van der Waals surface area contributed by atoms with Gasteiger partial charge in [-0.05, 0) is 54.3 Å². The van der Waals surface area contributed by atoms with Gasteiger partial charge < -0.3 is 5.11 Å². The van der Waals surface area contributed by atoms with Crippen LogP contribution in [0.1, 0.15) is 45.2 Å². The Morgan fingerprint density at radius 2 is 2.03 bits per heavy atom. The quantitative estimate of drug-likeness (QED) is 0.135. The maximum absolute atomic E-state index is 8.89. The molecule has 0 aliphatic heterocycles. The molecule has 0 radical (unpaired) electrons. The Hall–Kier alpha value is -0.388. The first-order chi connectivity index (χ1) is 16.2. The number of thiophene rings is 1. The number of aryl methyl sites for hydroxylation is 2. The van der Waals surface area contributed by atoms with E-state index in [9.17, 15) is 0 Å². The minimum Gasteiger partial charge on any atom is -0.503 e. The van der Waals surface area contributed by atoms with Crippen molar-refractivity contribution in [1.29, 1.82) is 0 Å². The number of hydrogen-bond donors (Lipinski definition) is 1. The van der Waals surface area contributed by atoms with Crippen molar-refractivity contribution in [3.63, 3.8) is 0 Å². The van der Waals surface area contributed by atoms with Gasteiger partial charge in [0.25, 0.3) is 0 Å². The van der Waals surface area contributed by atoms with Crippen LogP contribution in [-0.4, -0.2) is 39.1 Å². The van der Waals surface area contributed by atoms with Gasteiger partial charge in [0.2, 0.25) is 0 Å². The molecular weight excluding hydrogens is 740 g/mol. The summed E-state index contributed by atoms with van der Waals surface area (Å²) in [6, 6.07) is 16.0. The first kappa shape index (κ1) is 32.6.